The molecular weight excluding hydrogens is 352 g/mol. The number of fused-ring (bicyclic) bond motifs is 1. The van der Waals surface area contributed by atoms with Crippen LogP contribution < -0.4 is 15.4 Å². The van der Waals surface area contributed by atoms with Crippen LogP contribution in [0.1, 0.15) is 0 Å². The molecule has 1 aliphatic rings. The monoisotopic (exact) mass is 376 g/mol. The number of rotatable bonds is 5. The summed E-state index contributed by atoms with van der Waals surface area (Å²) in [5, 5.41) is 2.28. The third-order valence-corrected chi connectivity index (χ3v) is 4.81. The summed E-state index contributed by atoms with van der Waals surface area (Å²) < 4.78 is 5.93. The zero-order chi connectivity index (χ0) is 19.2. The van der Waals surface area contributed by atoms with Crippen LogP contribution in [0.2, 0.25) is 0 Å². The number of guanidine groups is 1. The van der Waals surface area contributed by atoms with Crippen molar-refractivity contribution in [2.24, 2.45) is 10.7 Å². The van der Waals surface area contributed by atoms with E-state index in [2.05, 4.69) is 43.0 Å². The highest BCUT2D eigenvalue weighted by Crippen LogP contribution is 2.24. The molecule has 2 heterocycles. The predicted octanol–water partition coefficient (Wildman–Crippen LogP) is 2.15. The van der Waals surface area contributed by atoms with Crippen molar-refractivity contribution < 1.29 is 4.74 Å². The van der Waals surface area contributed by atoms with Gasteiger partial charge in [0.25, 0.3) is 0 Å². The van der Waals surface area contributed by atoms with Gasteiger partial charge in [-0.25, -0.2) is 15.0 Å². The third kappa shape index (κ3) is 4.14. The van der Waals surface area contributed by atoms with Crippen molar-refractivity contribution in [2.75, 3.05) is 44.2 Å². The number of hydrogen-bond donors (Lipinski definition) is 1. The van der Waals surface area contributed by atoms with Gasteiger partial charge in [-0.2, -0.15) is 0 Å². The first-order chi connectivity index (χ1) is 13.8. The molecule has 0 radical (unpaired) electrons. The maximum absolute atomic E-state index is 6.17. The number of piperazine rings is 1. The molecule has 28 heavy (non-hydrogen) atoms. The Bertz CT molecular complexity index is 933. The maximum atomic E-state index is 6.17. The molecule has 0 atom stereocenters. The predicted molar refractivity (Wildman–Crippen MR) is 112 cm³/mol. The average molecular weight is 376 g/mol. The molecule has 0 saturated carbocycles. The Labute approximate surface area is 164 Å². The second kappa shape index (κ2) is 8.56. The van der Waals surface area contributed by atoms with Crippen molar-refractivity contribution >= 4 is 22.7 Å². The molecule has 0 aliphatic carbocycles. The summed E-state index contributed by atoms with van der Waals surface area (Å²) in [7, 11) is 0. The molecule has 1 saturated heterocycles. The molecule has 2 aromatic carbocycles. The number of nitrogens with zero attached hydrogens (tertiary/aromatic N) is 5. The Balaban J connectivity index is 1.27. The van der Waals surface area contributed by atoms with E-state index in [1.165, 1.54) is 5.39 Å². The number of hydrogen-bond acceptors (Lipinski definition) is 5. The van der Waals surface area contributed by atoms with Gasteiger partial charge in [0.05, 0.1) is 6.54 Å². The van der Waals surface area contributed by atoms with Crippen molar-refractivity contribution in [3.8, 4) is 5.75 Å². The maximum Gasteiger partial charge on any atom is 0.225 e. The molecule has 3 aromatic rings. The van der Waals surface area contributed by atoms with E-state index in [0.29, 0.717) is 19.1 Å². The van der Waals surface area contributed by atoms with Gasteiger partial charge < -0.3 is 20.3 Å². The number of aliphatic imine (C=N–C) groups is 1. The molecule has 0 unspecified atom stereocenters. The van der Waals surface area contributed by atoms with Gasteiger partial charge in [0.2, 0.25) is 5.95 Å². The average Bonchev–Trinajstić information content (AvgIpc) is 2.77. The van der Waals surface area contributed by atoms with Crippen LogP contribution >= 0.6 is 0 Å². The smallest absolute Gasteiger partial charge is 0.225 e. The van der Waals surface area contributed by atoms with Crippen molar-refractivity contribution in [3.63, 3.8) is 0 Å². The molecule has 1 aromatic heterocycles. The highest BCUT2D eigenvalue weighted by atomic mass is 16.5. The molecule has 2 N–H and O–H groups in total. The van der Waals surface area contributed by atoms with Gasteiger partial charge in [0.1, 0.15) is 12.4 Å². The minimum absolute atomic E-state index is 0.493. The minimum atomic E-state index is 0.493. The number of nitrogens with two attached hydrogens (primary N) is 1. The van der Waals surface area contributed by atoms with Crippen LogP contribution in [0.15, 0.2) is 65.9 Å². The number of benzene rings is 2. The Morgan fingerprint density at radius 1 is 0.964 bits per heavy atom. The first-order valence-corrected chi connectivity index (χ1v) is 9.49. The first kappa shape index (κ1) is 18.0. The summed E-state index contributed by atoms with van der Waals surface area (Å²) in [6, 6.07) is 16.1. The minimum Gasteiger partial charge on any atom is -0.491 e. The lowest BCUT2D eigenvalue weighted by Crippen LogP contribution is -2.51. The van der Waals surface area contributed by atoms with Gasteiger partial charge in [0.15, 0.2) is 5.96 Å². The van der Waals surface area contributed by atoms with Crippen molar-refractivity contribution in [2.45, 2.75) is 0 Å². The molecular formula is C21H24N6O. The van der Waals surface area contributed by atoms with Crippen molar-refractivity contribution in [3.05, 3.63) is 60.9 Å². The molecule has 1 fully saturated rings. The Kier molecular flexibility index (Phi) is 5.51. The zero-order valence-electron chi connectivity index (χ0n) is 15.7. The summed E-state index contributed by atoms with van der Waals surface area (Å²) >= 11 is 0. The molecule has 0 bridgehead atoms. The van der Waals surface area contributed by atoms with E-state index in [1.54, 1.807) is 12.4 Å². The molecule has 7 heteroatoms. The summed E-state index contributed by atoms with van der Waals surface area (Å²) in [4.78, 5) is 17.3. The molecule has 144 valence electrons. The fraction of sp³-hybridized carbons (Fsp3) is 0.286. The van der Waals surface area contributed by atoms with E-state index in [-0.39, 0.29) is 0 Å². The van der Waals surface area contributed by atoms with E-state index in [4.69, 9.17) is 10.5 Å². The quantitative estimate of drug-likeness (QED) is 0.418. The van der Waals surface area contributed by atoms with Crippen LogP contribution in [-0.2, 0) is 0 Å². The Hall–Kier alpha value is -3.35. The van der Waals surface area contributed by atoms with Crippen molar-refractivity contribution in [1.29, 1.82) is 0 Å². The van der Waals surface area contributed by atoms with Gasteiger partial charge >= 0.3 is 0 Å². The Morgan fingerprint density at radius 3 is 2.54 bits per heavy atom. The van der Waals surface area contributed by atoms with Gasteiger partial charge in [-0.05, 0) is 17.5 Å². The second-order valence-corrected chi connectivity index (χ2v) is 6.59. The molecule has 4 rings (SSSR count). The van der Waals surface area contributed by atoms with Crippen LogP contribution in [0.3, 0.4) is 0 Å². The van der Waals surface area contributed by atoms with E-state index in [9.17, 15) is 0 Å². The molecule has 0 spiro atoms. The Morgan fingerprint density at radius 2 is 1.71 bits per heavy atom. The number of aromatic nitrogens is 2. The summed E-state index contributed by atoms with van der Waals surface area (Å²) in [6.07, 6.45) is 3.53. The van der Waals surface area contributed by atoms with Crippen LogP contribution in [0.5, 0.6) is 5.75 Å². The van der Waals surface area contributed by atoms with Gasteiger partial charge in [-0.15, -0.1) is 0 Å². The topological polar surface area (TPSA) is 79.9 Å². The standard InChI is InChI=1S/C21H24N6O/c22-20(26-12-14-27(15-13-26)21-24-9-4-10-25-21)23-11-16-28-19-8-3-6-17-5-1-2-7-18(17)19/h1-10H,11-16H2,(H2,22,23). The molecule has 7 nitrogen and oxygen atoms in total. The van der Waals surface area contributed by atoms with Crippen molar-refractivity contribution in [1.82, 2.24) is 14.9 Å². The first-order valence-electron chi connectivity index (χ1n) is 9.49. The largest absolute Gasteiger partial charge is 0.491 e. The summed E-state index contributed by atoms with van der Waals surface area (Å²) in [5.74, 6) is 2.21. The second-order valence-electron chi connectivity index (χ2n) is 6.59. The highest BCUT2D eigenvalue weighted by molar-refractivity contribution is 5.88. The van der Waals surface area contributed by atoms with Crippen LogP contribution in [0, 0.1) is 0 Å². The van der Waals surface area contributed by atoms with Gasteiger partial charge in [-0.3, -0.25) is 0 Å². The van der Waals surface area contributed by atoms with E-state index >= 15 is 0 Å². The van der Waals surface area contributed by atoms with E-state index in [0.717, 1.165) is 43.3 Å². The normalized spacial score (nSPS) is 15.1. The van der Waals surface area contributed by atoms with Crippen LogP contribution in [0.25, 0.3) is 10.8 Å². The lowest BCUT2D eigenvalue weighted by atomic mass is 10.1. The van der Waals surface area contributed by atoms with Crippen LogP contribution in [0.4, 0.5) is 5.95 Å². The van der Waals surface area contributed by atoms with Gasteiger partial charge in [-0.1, -0.05) is 36.4 Å². The summed E-state index contributed by atoms with van der Waals surface area (Å²) in [6.45, 7) is 4.28. The molecule has 0 amide bonds. The fourth-order valence-electron chi connectivity index (χ4n) is 3.33. The highest BCUT2D eigenvalue weighted by Gasteiger charge is 2.19. The number of anilines is 1. The van der Waals surface area contributed by atoms with Gasteiger partial charge in [0, 0.05) is 44.0 Å². The van der Waals surface area contributed by atoms with E-state index < -0.39 is 0 Å². The lowest BCUT2D eigenvalue weighted by Gasteiger charge is -2.35. The summed E-state index contributed by atoms with van der Waals surface area (Å²) in [5.41, 5.74) is 6.17. The fourth-order valence-corrected chi connectivity index (χ4v) is 3.33. The number of ether oxygens (including phenoxy) is 1. The third-order valence-electron chi connectivity index (χ3n) is 4.81. The molecule has 1 aliphatic heterocycles. The zero-order valence-corrected chi connectivity index (χ0v) is 15.7. The lowest BCUT2D eigenvalue weighted by molar-refractivity contribution is 0.329. The SMILES string of the molecule is NC(=NCCOc1cccc2ccccc12)N1CCN(c2ncccn2)CC1. The van der Waals surface area contributed by atoms with Crippen LogP contribution in [-0.4, -0.2) is 60.2 Å². The van der Waals surface area contributed by atoms with E-state index in [1.807, 2.05) is 30.3 Å².